The lowest BCUT2D eigenvalue weighted by Gasteiger charge is -2.12. The number of nitrogens with zero attached hydrogens (tertiary/aromatic N) is 1. The SMILES string of the molecule is COc1ccnc(C(=O)Nc2ccccc2C(C)O)c1. The number of aliphatic hydroxyl groups is 1. The lowest BCUT2D eigenvalue weighted by atomic mass is 10.1. The lowest BCUT2D eigenvalue weighted by molar-refractivity contribution is 0.102. The number of nitrogens with one attached hydrogen (secondary N) is 1. The van der Waals surface area contributed by atoms with Crippen molar-refractivity contribution in [2.45, 2.75) is 13.0 Å². The van der Waals surface area contributed by atoms with E-state index in [0.717, 1.165) is 0 Å². The fraction of sp³-hybridized carbons (Fsp3) is 0.200. The Labute approximate surface area is 117 Å². The van der Waals surface area contributed by atoms with Gasteiger partial charge >= 0.3 is 0 Å². The van der Waals surface area contributed by atoms with Gasteiger partial charge in [0.05, 0.1) is 13.2 Å². The number of rotatable bonds is 4. The summed E-state index contributed by atoms with van der Waals surface area (Å²) in [6.07, 6.45) is 0.846. The third-order valence-electron chi connectivity index (χ3n) is 2.86. The van der Waals surface area contributed by atoms with E-state index in [2.05, 4.69) is 10.3 Å². The highest BCUT2D eigenvalue weighted by Crippen LogP contribution is 2.22. The molecule has 0 radical (unpaired) electrons. The first-order valence-electron chi connectivity index (χ1n) is 6.20. The van der Waals surface area contributed by atoms with Gasteiger partial charge in [0.2, 0.25) is 0 Å². The smallest absolute Gasteiger partial charge is 0.274 e. The molecular weight excluding hydrogens is 256 g/mol. The molecule has 0 aliphatic heterocycles. The summed E-state index contributed by atoms with van der Waals surface area (Å²) < 4.78 is 5.06. The monoisotopic (exact) mass is 272 g/mol. The number of hydrogen-bond donors (Lipinski definition) is 2. The van der Waals surface area contributed by atoms with Crippen molar-refractivity contribution in [3.63, 3.8) is 0 Å². The summed E-state index contributed by atoms with van der Waals surface area (Å²) in [6.45, 7) is 1.65. The first kappa shape index (κ1) is 14.0. The van der Waals surface area contributed by atoms with Crippen LogP contribution in [0.2, 0.25) is 0 Å². The van der Waals surface area contributed by atoms with E-state index in [-0.39, 0.29) is 11.6 Å². The number of benzene rings is 1. The van der Waals surface area contributed by atoms with Crippen LogP contribution in [0.1, 0.15) is 29.1 Å². The van der Waals surface area contributed by atoms with E-state index >= 15 is 0 Å². The maximum absolute atomic E-state index is 12.1. The molecule has 0 saturated heterocycles. The molecule has 104 valence electrons. The first-order valence-corrected chi connectivity index (χ1v) is 6.20. The third-order valence-corrected chi connectivity index (χ3v) is 2.86. The van der Waals surface area contributed by atoms with Crippen molar-refractivity contribution in [1.29, 1.82) is 0 Å². The predicted octanol–water partition coefficient (Wildman–Crippen LogP) is 2.40. The number of aromatic nitrogens is 1. The molecule has 20 heavy (non-hydrogen) atoms. The summed E-state index contributed by atoms with van der Waals surface area (Å²) in [5.74, 6) is 0.214. The zero-order valence-corrected chi connectivity index (χ0v) is 11.3. The number of pyridine rings is 1. The topological polar surface area (TPSA) is 71.5 Å². The Morgan fingerprint density at radius 2 is 2.10 bits per heavy atom. The molecule has 2 N–H and O–H groups in total. The van der Waals surface area contributed by atoms with Crippen LogP contribution >= 0.6 is 0 Å². The molecular formula is C15H16N2O3. The third kappa shape index (κ3) is 3.13. The molecule has 0 aliphatic carbocycles. The zero-order valence-electron chi connectivity index (χ0n) is 11.3. The van der Waals surface area contributed by atoms with Crippen LogP contribution in [-0.4, -0.2) is 23.1 Å². The van der Waals surface area contributed by atoms with Crippen molar-refractivity contribution in [2.75, 3.05) is 12.4 Å². The summed E-state index contributed by atoms with van der Waals surface area (Å²) >= 11 is 0. The molecule has 0 fully saturated rings. The zero-order chi connectivity index (χ0) is 14.5. The Bertz CT molecular complexity index is 612. The number of carbonyl (C=O) groups is 1. The molecule has 1 aromatic heterocycles. The van der Waals surface area contributed by atoms with E-state index in [4.69, 9.17) is 4.74 Å². The van der Waals surface area contributed by atoms with Crippen LogP contribution in [-0.2, 0) is 0 Å². The molecule has 0 aliphatic rings. The number of para-hydroxylation sites is 1. The van der Waals surface area contributed by atoms with Gasteiger partial charge in [0.25, 0.3) is 5.91 Å². The molecule has 2 aromatic rings. The molecule has 1 atom stereocenters. The van der Waals surface area contributed by atoms with Crippen LogP contribution < -0.4 is 10.1 Å². The summed E-state index contributed by atoms with van der Waals surface area (Å²) in [5, 5.41) is 12.4. The number of anilines is 1. The Morgan fingerprint density at radius 1 is 1.35 bits per heavy atom. The molecule has 2 rings (SSSR count). The van der Waals surface area contributed by atoms with Crippen molar-refractivity contribution >= 4 is 11.6 Å². The van der Waals surface area contributed by atoms with Gasteiger partial charge in [-0.25, -0.2) is 0 Å². The van der Waals surface area contributed by atoms with Gasteiger partial charge in [-0.3, -0.25) is 9.78 Å². The highest BCUT2D eigenvalue weighted by Gasteiger charge is 2.13. The number of hydrogen-bond acceptors (Lipinski definition) is 4. The van der Waals surface area contributed by atoms with E-state index in [9.17, 15) is 9.90 Å². The van der Waals surface area contributed by atoms with Crippen LogP contribution in [0.3, 0.4) is 0 Å². The van der Waals surface area contributed by atoms with E-state index in [0.29, 0.717) is 17.0 Å². The molecule has 0 saturated carbocycles. The average Bonchev–Trinajstić information content (AvgIpc) is 2.47. The van der Waals surface area contributed by atoms with Crippen LogP contribution in [0.25, 0.3) is 0 Å². The fourth-order valence-electron chi connectivity index (χ4n) is 1.82. The minimum Gasteiger partial charge on any atom is -0.497 e. The van der Waals surface area contributed by atoms with Crippen molar-refractivity contribution in [1.82, 2.24) is 4.98 Å². The van der Waals surface area contributed by atoms with Gasteiger partial charge in [0.1, 0.15) is 11.4 Å². The molecule has 0 spiro atoms. The number of aliphatic hydroxyl groups excluding tert-OH is 1. The number of ether oxygens (including phenoxy) is 1. The lowest BCUT2D eigenvalue weighted by Crippen LogP contribution is -2.15. The molecule has 5 nitrogen and oxygen atoms in total. The minimum absolute atomic E-state index is 0.254. The van der Waals surface area contributed by atoms with Crippen LogP contribution in [0.4, 0.5) is 5.69 Å². The van der Waals surface area contributed by atoms with E-state index in [1.165, 1.54) is 13.3 Å². The van der Waals surface area contributed by atoms with Crippen molar-refractivity contribution < 1.29 is 14.6 Å². The van der Waals surface area contributed by atoms with Crippen molar-refractivity contribution in [3.8, 4) is 5.75 Å². The maximum atomic E-state index is 12.1. The standard InChI is InChI=1S/C15H16N2O3/c1-10(18)12-5-3-4-6-13(12)17-15(19)14-9-11(20-2)7-8-16-14/h3-10,18H,1-2H3,(H,17,19). The molecule has 1 unspecified atom stereocenters. The largest absolute Gasteiger partial charge is 0.497 e. The van der Waals surface area contributed by atoms with Crippen molar-refractivity contribution in [2.24, 2.45) is 0 Å². The highest BCUT2D eigenvalue weighted by molar-refractivity contribution is 6.03. The molecule has 5 heteroatoms. The number of methoxy groups -OCH3 is 1. The van der Waals surface area contributed by atoms with Gasteiger partial charge in [-0.2, -0.15) is 0 Å². The number of carbonyl (C=O) groups excluding carboxylic acids is 1. The second-order valence-electron chi connectivity index (χ2n) is 4.30. The van der Waals surface area contributed by atoms with Gasteiger partial charge in [-0.1, -0.05) is 18.2 Å². The predicted molar refractivity (Wildman–Crippen MR) is 75.8 cm³/mol. The Hall–Kier alpha value is -2.40. The molecule has 1 aromatic carbocycles. The van der Waals surface area contributed by atoms with Crippen LogP contribution in [0.15, 0.2) is 42.6 Å². The molecule has 0 bridgehead atoms. The average molecular weight is 272 g/mol. The van der Waals surface area contributed by atoms with Gasteiger partial charge in [-0.05, 0) is 19.1 Å². The maximum Gasteiger partial charge on any atom is 0.274 e. The first-order chi connectivity index (χ1) is 9.61. The Morgan fingerprint density at radius 3 is 2.80 bits per heavy atom. The summed E-state index contributed by atoms with van der Waals surface area (Å²) in [5.41, 5.74) is 1.48. The van der Waals surface area contributed by atoms with Crippen LogP contribution in [0, 0.1) is 0 Å². The van der Waals surface area contributed by atoms with Gasteiger partial charge in [0.15, 0.2) is 0 Å². The minimum atomic E-state index is -0.662. The van der Waals surface area contributed by atoms with E-state index in [1.54, 1.807) is 37.3 Å². The normalized spacial score (nSPS) is 11.8. The quantitative estimate of drug-likeness (QED) is 0.896. The van der Waals surface area contributed by atoms with Gasteiger partial charge < -0.3 is 15.2 Å². The van der Waals surface area contributed by atoms with Crippen LogP contribution in [0.5, 0.6) is 5.75 Å². The van der Waals surface area contributed by atoms with Gasteiger partial charge in [-0.15, -0.1) is 0 Å². The van der Waals surface area contributed by atoms with Gasteiger partial charge in [0, 0.05) is 23.5 Å². The second kappa shape index (κ2) is 6.16. The van der Waals surface area contributed by atoms with E-state index in [1.807, 2.05) is 6.07 Å². The summed E-state index contributed by atoms with van der Waals surface area (Å²) in [6, 6.07) is 10.3. The highest BCUT2D eigenvalue weighted by atomic mass is 16.5. The summed E-state index contributed by atoms with van der Waals surface area (Å²) in [4.78, 5) is 16.1. The fourth-order valence-corrected chi connectivity index (χ4v) is 1.82. The molecule has 1 amide bonds. The number of amides is 1. The molecule has 1 heterocycles. The second-order valence-corrected chi connectivity index (χ2v) is 4.30. The Kier molecular flexibility index (Phi) is 4.32. The Balaban J connectivity index is 2.23. The van der Waals surface area contributed by atoms with E-state index < -0.39 is 6.10 Å². The summed E-state index contributed by atoms with van der Waals surface area (Å²) in [7, 11) is 1.53. The van der Waals surface area contributed by atoms with Crippen molar-refractivity contribution in [3.05, 3.63) is 53.9 Å².